The molecule has 1 rings (SSSR count). The molecular weight excluding hydrogens is 295 g/mol. The van der Waals surface area contributed by atoms with Crippen molar-refractivity contribution in [3.8, 4) is 0 Å². The van der Waals surface area contributed by atoms with Crippen LogP contribution in [-0.4, -0.2) is 4.83 Å². The molecule has 0 aliphatic rings. The standard InChI is InChI=1S/C12H15BrCl2/c1-2-3-10(13)5-4-9-8-11(14)6-7-12(9)15/h6-8,10H,2-5H2,1H3. The first-order valence-corrected chi connectivity index (χ1v) is 6.88. The predicted molar refractivity (Wildman–Crippen MR) is 72.4 cm³/mol. The second-order valence-electron chi connectivity index (χ2n) is 3.66. The van der Waals surface area contributed by atoms with Crippen LogP contribution in [0.2, 0.25) is 10.0 Å². The summed E-state index contributed by atoms with van der Waals surface area (Å²) in [5.74, 6) is 0. The van der Waals surface area contributed by atoms with Gasteiger partial charge in [-0.3, -0.25) is 0 Å². The Morgan fingerprint density at radius 2 is 2.00 bits per heavy atom. The Kier molecular flexibility index (Phi) is 6.03. The van der Waals surface area contributed by atoms with Crippen molar-refractivity contribution in [3.63, 3.8) is 0 Å². The van der Waals surface area contributed by atoms with Gasteiger partial charge < -0.3 is 0 Å². The summed E-state index contributed by atoms with van der Waals surface area (Å²) in [4.78, 5) is 0.581. The number of halogens is 3. The van der Waals surface area contributed by atoms with E-state index in [0.29, 0.717) is 4.83 Å². The number of benzene rings is 1. The van der Waals surface area contributed by atoms with Crippen molar-refractivity contribution < 1.29 is 0 Å². The van der Waals surface area contributed by atoms with Gasteiger partial charge in [0.15, 0.2) is 0 Å². The molecule has 0 saturated carbocycles. The molecule has 1 unspecified atom stereocenters. The van der Waals surface area contributed by atoms with Gasteiger partial charge >= 0.3 is 0 Å². The molecule has 0 aliphatic heterocycles. The summed E-state index contributed by atoms with van der Waals surface area (Å²) in [5.41, 5.74) is 1.14. The smallest absolute Gasteiger partial charge is 0.0439 e. The van der Waals surface area contributed by atoms with Gasteiger partial charge in [-0.25, -0.2) is 0 Å². The summed E-state index contributed by atoms with van der Waals surface area (Å²) in [6.07, 6.45) is 4.50. The molecule has 0 radical (unpaired) electrons. The van der Waals surface area contributed by atoms with Gasteiger partial charge in [0.2, 0.25) is 0 Å². The number of alkyl halides is 1. The first-order valence-electron chi connectivity index (χ1n) is 5.21. The molecule has 0 spiro atoms. The van der Waals surface area contributed by atoms with Crippen LogP contribution in [0.4, 0.5) is 0 Å². The Hall–Kier alpha value is 0.280. The molecule has 15 heavy (non-hydrogen) atoms. The molecule has 0 saturated heterocycles. The van der Waals surface area contributed by atoms with Crippen LogP contribution in [0, 0.1) is 0 Å². The first-order chi connectivity index (χ1) is 7.13. The molecular formula is C12H15BrCl2. The summed E-state index contributed by atoms with van der Waals surface area (Å²) >= 11 is 15.7. The highest BCUT2D eigenvalue weighted by molar-refractivity contribution is 9.09. The Labute approximate surface area is 110 Å². The number of aryl methyl sites for hydroxylation is 1. The normalized spacial score (nSPS) is 12.8. The molecule has 3 heteroatoms. The number of hydrogen-bond donors (Lipinski definition) is 0. The SMILES string of the molecule is CCCC(Br)CCc1cc(Cl)ccc1Cl. The lowest BCUT2D eigenvalue weighted by Gasteiger charge is -2.09. The van der Waals surface area contributed by atoms with E-state index in [4.69, 9.17) is 23.2 Å². The fraction of sp³-hybridized carbons (Fsp3) is 0.500. The summed E-state index contributed by atoms with van der Waals surface area (Å²) in [6.45, 7) is 2.20. The van der Waals surface area contributed by atoms with Gasteiger partial charge in [-0.15, -0.1) is 0 Å². The molecule has 1 aromatic carbocycles. The Balaban J connectivity index is 2.53. The molecule has 0 heterocycles. The molecule has 0 fully saturated rings. The van der Waals surface area contributed by atoms with Gasteiger partial charge in [-0.2, -0.15) is 0 Å². The van der Waals surface area contributed by atoms with Crippen molar-refractivity contribution >= 4 is 39.1 Å². The van der Waals surface area contributed by atoms with Crippen molar-refractivity contribution in [2.75, 3.05) is 0 Å². The fourth-order valence-corrected chi connectivity index (χ4v) is 2.60. The van der Waals surface area contributed by atoms with Crippen molar-refractivity contribution in [2.45, 2.75) is 37.4 Å². The average Bonchev–Trinajstić information content (AvgIpc) is 2.20. The highest BCUT2D eigenvalue weighted by Crippen LogP contribution is 2.24. The molecule has 0 bridgehead atoms. The topological polar surface area (TPSA) is 0 Å². The van der Waals surface area contributed by atoms with Crippen molar-refractivity contribution in [2.24, 2.45) is 0 Å². The zero-order valence-electron chi connectivity index (χ0n) is 8.77. The van der Waals surface area contributed by atoms with Crippen LogP contribution in [0.1, 0.15) is 31.7 Å². The molecule has 0 amide bonds. The zero-order valence-corrected chi connectivity index (χ0v) is 11.9. The Morgan fingerprint density at radius 1 is 1.27 bits per heavy atom. The van der Waals surface area contributed by atoms with Crippen molar-refractivity contribution in [1.29, 1.82) is 0 Å². The third-order valence-corrected chi connectivity index (χ3v) is 3.86. The van der Waals surface area contributed by atoms with Gasteiger partial charge in [0, 0.05) is 14.9 Å². The lowest BCUT2D eigenvalue weighted by Crippen LogP contribution is -1.99. The van der Waals surface area contributed by atoms with E-state index in [2.05, 4.69) is 22.9 Å². The highest BCUT2D eigenvalue weighted by atomic mass is 79.9. The molecule has 1 atom stereocenters. The van der Waals surface area contributed by atoms with Crippen LogP contribution in [0.25, 0.3) is 0 Å². The largest absolute Gasteiger partial charge is 0.0891 e. The van der Waals surface area contributed by atoms with E-state index < -0.39 is 0 Å². The first kappa shape index (κ1) is 13.3. The second kappa shape index (κ2) is 6.78. The third kappa shape index (κ3) is 4.76. The van der Waals surface area contributed by atoms with Gasteiger partial charge in [0.1, 0.15) is 0 Å². The van der Waals surface area contributed by atoms with Crippen molar-refractivity contribution in [3.05, 3.63) is 33.8 Å². The van der Waals surface area contributed by atoms with Crippen LogP contribution < -0.4 is 0 Å². The van der Waals surface area contributed by atoms with E-state index in [1.165, 1.54) is 12.8 Å². The summed E-state index contributed by atoms with van der Waals surface area (Å²) in [5, 5.41) is 1.58. The molecule has 0 aliphatic carbocycles. The Bertz CT molecular complexity index is 312. The van der Waals surface area contributed by atoms with E-state index in [1.54, 1.807) is 0 Å². The van der Waals surface area contributed by atoms with E-state index >= 15 is 0 Å². The van der Waals surface area contributed by atoms with Crippen LogP contribution >= 0.6 is 39.1 Å². The minimum atomic E-state index is 0.581. The van der Waals surface area contributed by atoms with E-state index in [9.17, 15) is 0 Å². The maximum Gasteiger partial charge on any atom is 0.0439 e. The van der Waals surface area contributed by atoms with Gasteiger partial charge in [0.05, 0.1) is 0 Å². The van der Waals surface area contributed by atoms with E-state index in [-0.39, 0.29) is 0 Å². The van der Waals surface area contributed by atoms with Crippen molar-refractivity contribution in [1.82, 2.24) is 0 Å². The van der Waals surface area contributed by atoms with Crippen LogP contribution in [0.5, 0.6) is 0 Å². The van der Waals surface area contributed by atoms with Crippen LogP contribution in [0.15, 0.2) is 18.2 Å². The molecule has 0 nitrogen and oxygen atoms in total. The minimum Gasteiger partial charge on any atom is -0.0891 e. The quantitative estimate of drug-likeness (QED) is 0.631. The number of hydrogen-bond acceptors (Lipinski definition) is 0. The summed E-state index contributed by atoms with van der Waals surface area (Å²) < 4.78 is 0. The fourth-order valence-electron chi connectivity index (χ4n) is 1.50. The molecule has 0 N–H and O–H groups in total. The maximum atomic E-state index is 6.08. The number of rotatable bonds is 5. The lowest BCUT2D eigenvalue weighted by atomic mass is 10.1. The van der Waals surface area contributed by atoms with Gasteiger partial charge in [-0.05, 0) is 43.0 Å². The Morgan fingerprint density at radius 3 is 2.67 bits per heavy atom. The second-order valence-corrected chi connectivity index (χ2v) is 5.80. The van der Waals surface area contributed by atoms with Crippen LogP contribution in [0.3, 0.4) is 0 Å². The minimum absolute atomic E-state index is 0.581. The zero-order chi connectivity index (χ0) is 11.3. The maximum absolute atomic E-state index is 6.08. The predicted octanol–water partition coefficient (Wildman–Crippen LogP) is 5.49. The summed E-state index contributed by atoms with van der Waals surface area (Å²) in [6, 6.07) is 5.64. The lowest BCUT2D eigenvalue weighted by molar-refractivity contribution is 0.693. The molecule has 84 valence electrons. The molecule has 0 aromatic heterocycles. The van der Waals surface area contributed by atoms with Gasteiger partial charge in [-0.1, -0.05) is 52.5 Å². The third-order valence-electron chi connectivity index (χ3n) is 2.34. The summed E-state index contributed by atoms with van der Waals surface area (Å²) in [7, 11) is 0. The molecule has 1 aromatic rings. The highest BCUT2D eigenvalue weighted by Gasteiger charge is 2.06. The monoisotopic (exact) mass is 308 g/mol. The van der Waals surface area contributed by atoms with Gasteiger partial charge in [0.25, 0.3) is 0 Å². The average molecular weight is 310 g/mol. The van der Waals surface area contributed by atoms with E-state index in [1.807, 2.05) is 18.2 Å². The van der Waals surface area contributed by atoms with Crippen LogP contribution in [-0.2, 0) is 6.42 Å². The van der Waals surface area contributed by atoms with E-state index in [0.717, 1.165) is 28.5 Å².